The van der Waals surface area contributed by atoms with Crippen molar-refractivity contribution < 1.29 is 14.7 Å². The van der Waals surface area contributed by atoms with Crippen molar-refractivity contribution in [3.8, 4) is 0 Å². The van der Waals surface area contributed by atoms with E-state index in [-0.39, 0.29) is 5.78 Å². The quantitative estimate of drug-likeness (QED) is 0.929. The summed E-state index contributed by atoms with van der Waals surface area (Å²) in [5, 5.41) is 9.58. The number of carboxylic acid groups (broad SMARTS) is 1. The molecule has 0 spiro atoms. The molecule has 0 bridgehead atoms. The van der Waals surface area contributed by atoms with Gasteiger partial charge in [-0.25, -0.2) is 0 Å². The zero-order valence-corrected chi connectivity index (χ0v) is 10.8. The van der Waals surface area contributed by atoms with Crippen LogP contribution in [0, 0.1) is 0 Å². The fourth-order valence-corrected chi connectivity index (χ4v) is 2.97. The molecule has 3 nitrogen and oxygen atoms in total. The lowest BCUT2D eigenvalue weighted by Crippen LogP contribution is -2.23. The summed E-state index contributed by atoms with van der Waals surface area (Å²) >= 11 is 0. The summed E-state index contributed by atoms with van der Waals surface area (Å²) < 4.78 is 0. The molecule has 3 heteroatoms. The lowest BCUT2D eigenvalue weighted by molar-refractivity contribution is -0.141. The van der Waals surface area contributed by atoms with Crippen molar-refractivity contribution in [1.29, 1.82) is 0 Å². The van der Waals surface area contributed by atoms with E-state index in [1.165, 1.54) is 0 Å². The van der Waals surface area contributed by atoms with Crippen LogP contribution in [0.4, 0.5) is 0 Å². The molecule has 100 valence electrons. The Hall–Kier alpha value is -2.42. The van der Waals surface area contributed by atoms with E-state index in [2.05, 4.69) is 0 Å². The molecule has 20 heavy (non-hydrogen) atoms. The van der Waals surface area contributed by atoms with Crippen LogP contribution in [0.1, 0.15) is 28.5 Å². The highest BCUT2D eigenvalue weighted by Gasteiger charge is 2.40. The fourth-order valence-electron chi connectivity index (χ4n) is 2.97. The maximum absolute atomic E-state index is 12.3. The van der Waals surface area contributed by atoms with Gasteiger partial charge in [-0.3, -0.25) is 9.59 Å². The summed E-state index contributed by atoms with van der Waals surface area (Å²) in [5.41, 5.74) is 2.48. The van der Waals surface area contributed by atoms with E-state index >= 15 is 0 Å². The zero-order valence-electron chi connectivity index (χ0n) is 10.8. The van der Waals surface area contributed by atoms with Gasteiger partial charge in [0.05, 0.1) is 11.8 Å². The van der Waals surface area contributed by atoms with Gasteiger partial charge >= 0.3 is 5.97 Å². The number of carboxylic acids is 1. The number of Topliss-reactive ketones (excluding diaryl/α,β-unsaturated/α-hetero) is 1. The van der Waals surface area contributed by atoms with Gasteiger partial charge in [0.2, 0.25) is 0 Å². The summed E-state index contributed by atoms with van der Waals surface area (Å²) in [7, 11) is 0. The number of rotatable bonds is 3. The van der Waals surface area contributed by atoms with Crippen LogP contribution in [0.25, 0.3) is 0 Å². The molecule has 0 radical (unpaired) electrons. The maximum Gasteiger partial charge on any atom is 0.312 e. The zero-order chi connectivity index (χ0) is 14.1. The molecular weight excluding hydrogens is 252 g/mol. The van der Waals surface area contributed by atoms with Gasteiger partial charge in [0.15, 0.2) is 0 Å². The Labute approximate surface area is 116 Å². The Bertz CT molecular complexity index is 661. The van der Waals surface area contributed by atoms with Gasteiger partial charge < -0.3 is 5.11 Å². The first-order valence-electron chi connectivity index (χ1n) is 6.57. The highest BCUT2D eigenvalue weighted by molar-refractivity contribution is 5.98. The summed E-state index contributed by atoms with van der Waals surface area (Å²) in [5.74, 6) is -2.35. The SMILES string of the molecule is O=C(O)C(c1ccccc1)C1C(=O)Cc2ccccc21. The van der Waals surface area contributed by atoms with Gasteiger partial charge in [-0.1, -0.05) is 54.6 Å². The van der Waals surface area contributed by atoms with Crippen LogP contribution in [0.3, 0.4) is 0 Å². The Morgan fingerprint density at radius 3 is 2.40 bits per heavy atom. The minimum atomic E-state index is -0.953. The van der Waals surface area contributed by atoms with Crippen LogP contribution >= 0.6 is 0 Å². The van der Waals surface area contributed by atoms with Crippen LogP contribution in [-0.4, -0.2) is 16.9 Å². The third kappa shape index (κ3) is 2.01. The molecule has 3 rings (SSSR count). The molecule has 2 atom stereocenters. The molecule has 2 aromatic rings. The monoisotopic (exact) mass is 266 g/mol. The van der Waals surface area contributed by atoms with Gasteiger partial charge in [-0.2, -0.15) is 0 Å². The highest BCUT2D eigenvalue weighted by Crippen LogP contribution is 2.40. The van der Waals surface area contributed by atoms with Crippen LogP contribution < -0.4 is 0 Å². The van der Waals surface area contributed by atoms with Crippen molar-refractivity contribution in [2.45, 2.75) is 18.3 Å². The fraction of sp³-hybridized carbons (Fsp3) is 0.176. The Balaban J connectivity index is 2.09. The summed E-state index contributed by atoms with van der Waals surface area (Å²) in [6.45, 7) is 0. The predicted molar refractivity (Wildman–Crippen MR) is 74.7 cm³/mol. The lowest BCUT2D eigenvalue weighted by Gasteiger charge is -2.20. The first kappa shape index (κ1) is 12.6. The molecule has 0 saturated carbocycles. The van der Waals surface area contributed by atoms with Crippen LogP contribution in [-0.2, 0) is 16.0 Å². The molecule has 2 aromatic carbocycles. The van der Waals surface area contributed by atoms with Gasteiger partial charge in [-0.15, -0.1) is 0 Å². The minimum Gasteiger partial charge on any atom is -0.481 e. The molecule has 0 aromatic heterocycles. The van der Waals surface area contributed by atoms with E-state index in [4.69, 9.17) is 0 Å². The van der Waals surface area contributed by atoms with Crippen molar-refractivity contribution in [3.05, 3.63) is 71.3 Å². The van der Waals surface area contributed by atoms with Crippen molar-refractivity contribution in [2.24, 2.45) is 0 Å². The first-order chi connectivity index (χ1) is 9.68. The molecule has 1 aliphatic carbocycles. The van der Waals surface area contributed by atoms with Crippen molar-refractivity contribution in [1.82, 2.24) is 0 Å². The standard InChI is InChI=1S/C17H14O3/c18-14-10-12-8-4-5-9-13(12)16(14)15(17(19)20)11-6-2-1-3-7-11/h1-9,15-16H,10H2,(H,19,20). The van der Waals surface area contributed by atoms with Crippen LogP contribution in [0.2, 0.25) is 0 Å². The molecule has 0 heterocycles. The average Bonchev–Trinajstić information content (AvgIpc) is 2.77. The number of ketones is 1. The largest absolute Gasteiger partial charge is 0.481 e. The molecule has 0 saturated heterocycles. The second-order valence-corrected chi connectivity index (χ2v) is 5.05. The number of hydrogen-bond donors (Lipinski definition) is 1. The van der Waals surface area contributed by atoms with Crippen LogP contribution in [0.15, 0.2) is 54.6 Å². The number of carbonyl (C=O) groups is 2. The minimum absolute atomic E-state index is 0.0116. The van der Waals surface area contributed by atoms with E-state index in [9.17, 15) is 14.7 Å². The smallest absolute Gasteiger partial charge is 0.312 e. The Kier molecular flexibility index (Phi) is 3.11. The topological polar surface area (TPSA) is 54.4 Å². The number of aliphatic carboxylic acids is 1. The van der Waals surface area contributed by atoms with E-state index in [0.29, 0.717) is 12.0 Å². The highest BCUT2D eigenvalue weighted by atomic mass is 16.4. The Morgan fingerprint density at radius 2 is 1.70 bits per heavy atom. The number of hydrogen-bond acceptors (Lipinski definition) is 2. The van der Waals surface area contributed by atoms with E-state index in [1.54, 1.807) is 24.3 Å². The Morgan fingerprint density at radius 1 is 1.05 bits per heavy atom. The average molecular weight is 266 g/mol. The molecule has 1 N–H and O–H groups in total. The molecule has 0 amide bonds. The molecule has 2 unspecified atom stereocenters. The second-order valence-electron chi connectivity index (χ2n) is 5.05. The number of benzene rings is 2. The first-order valence-corrected chi connectivity index (χ1v) is 6.57. The van der Waals surface area contributed by atoms with Gasteiger partial charge in [0.25, 0.3) is 0 Å². The second kappa shape index (κ2) is 4.93. The third-order valence-corrected chi connectivity index (χ3v) is 3.86. The van der Waals surface area contributed by atoms with Gasteiger partial charge in [0.1, 0.15) is 5.78 Å². The normalized spacial score (nSPS) is 18.6. The van der Waals surface area contributed by atoms with E-state index in [1.807, 2.05) is 30.3 Å². The number of carbonyl (C=O) groups excluding carboxylic acids is 1. The summed E-state index contributed by atoms with van der Waals surface area (Å²) in [4.78, 5) is 24.0. The van der Waals surface area contributed by atoms with E-state index in [0.717, 1.165) is 11.1 Å². The van der Waals surface area contributed by atoms with E-state index < -0.39 is 17.8 Å². The molecule has 1 aliphatic rings. The lowest BCUT2D eigenvalue weighted by atomic mass is 9.82. The maximum atomic E-state index is 12.3. The third-order valence-electron chi connectivity index (χ3n) is 3.86. The predicted octanol–water partition coefficient (Wildman–Crippen LogP) is 2.76. The van der Waals surface area contributed by atoms with Crippen molar-refractivity contribution in [3.63, 3.8) is 0 Å². The molecule has 0 fully saturated rings. The summed E-state index contributed by atoms with van der Waals surface area (Å²) in [6, 6.07) is 16.5. The van der Waals surface area contributed by atoms with Crippen molar-refractivity contribution >= 4 is 11.8 Å². The van der Waals surface area contributed by atoms with Gasteiger partial charge in [-0.05, 0) is 16.7 Å². The van der Waals surface area contributed by atoms with Crippen molar-refractivity contribution in [2.75, 3.05) is 0 Å². The molecule has 0 aliphatic heterocycles. The van der Waals surface area contributed by atoms with Gasteiger partial charge in [0, 0.05) is 6.42 Å². The van der Waals surface area contributed by atoms with Crippen LogP contribution in [0.5, 0.6) is 0 Å². The summed E-state index contributed by atoms with van der Waals surface area (Å²) in [6.07, 6.45) is 0.331. The molecular formula is C17H14O3. The number of fused-ring (bicyclic) bond motifs is 1.